The number of nitrogens with zero attached hydrogens (tertiary/aromatic N) is 2. The molecule has 0 aliphatic carbocycles. The standard InChI is InChI=1S/C6H4N4O3/c11-6-8-3-1-2-7-5(10(12)13)4(3)9-6/h1-2H,(H2,8,9,11). The molecule has 0 saturated carbocycles. The van der Waals surface area contributed by atoms with E-state index in [1.807, 2.05) is 0 Å². The van der Waals surface area contributed by atoms with Crippen molar-refractivity contribution >= 4 is 16.9 Å². The third-order valence-electron chi connectivity index (χ3n) is 1.59. The summed E-state index contributed by atoms with van der Waals surface area (Å²) >= 11 is 0. The Morgan fingerprint density at radius 2 is 2.23 bits per heavy atom. The summed E-state index contributed by atoms with van der Waals surface area (Å²) < 4.78 is 0. The largest absolute Gasteiger partial charge is 0.389 e. The summed E-state index contributed by atoms with van der Waals surface area (Å²) in [5, 5.41) is 10.4. The van der Waals surface area contributed by atoms with Crippen molar-refractivity contribution in [3.05, 3.63) is 32.9 Å². The molecule has 0 spiro atoms. The Morgan fingerprint density at radius 1 is 1.46 bits per heavy atom. The van der Waals surface area contributed by atoms with Gasteiger partial charge in [-0.3, -0.25) is 4.98 Å². The number of rotatable bonds is 1. The molecule has 0 saturated heterocycles. The number of aromatic nitrogens is 3. The van der Waals surface area contributed by atoms with Crippen LogP contribution in [-0.2, 0) is 0 Å². The molecule has 0 bridgehead atoms. The quantitative estimate of drug-likeness (QED) is 0.481. The van der Waals surface area contributed by atoms with Crippen molar-refractivity contribution in [2.24, 2.45) is 0 Å². The van der Waals surface area contributed by atoms with Gasteiger partial charge in [-0.25, -0.2) is 4.79 Å². The van der Waals surface area contributed by atoms with Crippen LogP contribution in [0.2, 0.25) is 0 Å². The highest BCUT2D eigenvalue weighted by atomic mass is 16.6. The molecule has 2 heterocycles. The fraction of sp³-hybridized carbons (Fsp3) is 0. The van der Waals surface area contributed by atoms with Crippen LogP contribution in [0.5, 0.6) is 0 Å². The van der Waals surface area contributed by atoms with Crippen LogP contribution < -0.4 is 5.69 Å². The summed E-state index contributed by atoms with van der Waals surface area (Å²) in [5.74, 6) is -0.351. The molecule has 7 nitrogen and oxygen atoms in total. The van der Waals surface area contributed by atoms with Crippen molar-refractivity contribution < 1.29 is 4.92 Å². The van der Waals surface area contributed by atoms with Crippen LogP contribution in [0.1, 0.15) is 0 Å². The maximum absolute atomic E-state index is 10.8. The Balaban J connectivity index is 2.90. The van der Waals surface area contributed by atoms with E-state index in [0.717, 1.165) is 0 Å². The van der Waals surface area contributed by atoms with E-state index in [-0.39, 0.29) is 11.3 Å². The first-order valence-corrected chi connectivity index (χ1v) is 3.40. The van der Waals surface area contributed by atoms with Gasteiger partial charge in [0.2, 0.25) is 0 Å². The van der Waals surface area contributed by atoms with Crippen molar-refractivity contribution in [2.45, 2.75) is 0 Å². The SMILES string of the molecule is O=c1[nH]c2ccnc([N+](=O)[O-])c2[nH]1. The molecule has 13 heavy (non-hydrogen) atoms. The van der Waals surface area contributed by atoms with E-state index in [0.29, 0.717) is 5.52 Å². The minimum atomic E-state index is -0.647. The maximum atomic E-state index is 10.8. The second-order valence-corrected chi connectivity index (χ2v) is 2.39. The molecule has 0 aromatic carbocycles. The Labute approximate surface area is 70.6 Å². The van der Waals surface area contributed by atoms with Crippen molar-refractivity contribution in [3.63, 3.8) is 0 Å². The third kappa shape index (κ3) is 1.06. The molecule has 2 rings (SSSR count). The van der Waals surface area contributed by atoms with E-state index in [1.54, 1.807) is 0 Å². The molecular weight excluding hydrogens is 176 g/mol. The molecule has 0 atom stereocenters. The summed E-state index contributed by atoms with van der Waals surface area (Å²) in [6.07, 6.45) is 1.27. The lowest BCUT2D eigenvalue weighted by molar-refractivity contribution is -0.387. The zero-order valence-electron chi connectivity index (χ0n) is 6.27. The second kappa shape index (κ2) is 2.41. The number of hydrogen-bond donors (Lipinski definition) is 2. The number of imidazole rings is 1. The fourth-order valence-electron chi connectivity index (χ4n) is 1.08. The van der Waals surface area contributed by atoms with E-state index in [4.69, 9.17) is 0 Å². The van der Waals surface area contributed by atoms with E-state index in [2.05, 4.69) is 15.0 Å². The monoisotopic (exact) mass is 180 g/mol. The molecule has 0 amide bonds. The van der Waals surface area contributed by atoms with Crippen LogP contribution >= 0.6 is 0 Å². The first-order valence-electron chi connectivity index (χ1n) is 3.40. The van der Waals surface area contributed by atoms with Gasteiger partial charge in [0, 0.05) is 6.07 Å². The van der Waals surface area contributed by atoms with E-state index in [9.17, 15) is 14.9 Å². The van der Waals surface area contributed by atoms with E-state index in [1.165, 1.54) is 12.3 Å². The zero-order valence-corrected chi connectivity index (χ0v) is 6.27. The summed E-state index contributed by atoms with van der Waals surface area (Å²) in [4.78, 5) is 28.8. The van der Waals surface area contributed by atoms with Gasteiger partial charge < -0.3 is 15.1 Å². The topological polar surface area (TPSA) is 105 Å². The second-order valence-electron chi connectivity index (χ2n) is 2.39. The van der Waals surface area contributed by atoms with E-state index >= 15 is 0 Å². The molecule has 0 unspecified atom stereocenters. The number of aromatic amines is 2. The molecule has 0 aliphatic rings. The predicted octanol–water partition coefficient (Wildman–Crippen LogP) is 0.159. The van der Waals surface area contributed by atoms with Crippen molar-refractivity contribution in [2.75, 3.05) is 0 Å². The molecule has 2 N–H and O–H groups in total. The highest BCUT2D eigenvalue weighted by Gasteiger charge is 2.14. The van der Waals surface area contributed by atoms with Crippen LogP contribution in [-0.4, -0.2) is 19.9 Å². The number of fused-ring (bicyclic) bond motifs is 1. The van der Waals surface area contributed by atoms with Gasteiger partial charge in [-0.2, -0.15) is 0 Å². The van der Waals surface area contributed by atoms with Crippen molar-refractivity contribution in [3.8, 4) is 0 Å². The molecule has 2 aromatic rings. The average molecular weight is 180 g/mol. The highest BCUT2D eigenvalue weighted by Crippen LogP contribution is 2.16. The van der Waals surface area contributed by atoms with Gasteiger partial charge in [-0.15, -0.1) is 0 Å². The van der Waals surface area contributed by atoms with Crippen LogP contribution in [0, 0.1) is 10.1 Å². The molecule has 66 valence electrons. The van der Waals surface area contributed by atoms with Gasteiger partial charge in [0.05, 0.1) is 5.52 Å². The minimum absolute atomic E-state index is 0.123. The maximum Gasteiger partial charge on any atom is 0.389 e. The lowest BCUT2D eigenvalue weighted by Gasteiger charge is -1.90. The number of nitrogens with one attached hydrogen (secondary N) is 2. The Bertz CT molecular complexity index is 526. The third-order valence-corrected chi connectivity index (χ3v) is 1.59. The summed E-state index contributed by atoms with van der Waals surface area (Å²) in [6.45, 7) is 0. The van der Waals surface area contributed by atoms with E-state index < -0.39 is 10.6 Å². The summed E-state index contributed by atoms with van der Waals surface area (Å²) in [5.41, 5.74) is 0.0234. The lowest BCUT2D eigenvalue weighted by Crippen LogP contribution is -2.00. The molecule has 0 fully saturated rings. The average Bonchev–Trinajstić information content (AvgIpc) is 2.43. The number of hydrogen-bond acceptors (Lipinski definition) is 4. The molecule has 7 heteroatoms. The van der Waals surface area contributed by atoms with Gasteiger partial charge in [0.1, 0.15) is 6.20 Å². The normalized spacial score (nSPS) is 10.5. The highest BCUT2D eigenvalue weighted by molar-refractivity contribution is 5.81. The van der Waals surface area contributed by atoms with Gasteiger partial charge in [-0.1, -0.05) is 0 Å². The zero-order chi connectivity index (χ0) is 9.42. The molecule has 0 aliphatic heterocycles. The predicted molar refractivity (Wildman–Crippen MR) is 43.4 cm³/mol. The Hall–Kier alpha value is -2.18. The van der Waals surface area contributed by atoms with Gasteiger partial charge in [0.15, 0.2) is 5.52 Å². The lowest BCUT2D eigenvalue weighted by atomic mass is 10.4. The van der Waals surface area contributed by atoms with Crippen LogP contribution in [0.3, 0.4) is 0 Å². The van der Waals surface area contributed by atoms with Gasteiger partial charge in [-0.05, 0) is 9.91 Å². The first kappa shape index (κ1) is 7.47. The van der Waals surface area contributed by atoms with Crippen LogP contribution in [0.25, 0.3) is 11.0 Å². The molecule has 2 aromatic heterocycles. The van der Waals surface area contributed by atoms with Crippen molar-refractivity contribution in [1.82, 2.24) is 15.0 Å². The number of nitro groups is 1. The summed E-state index contributed by atoms with van der Waals surface area (Å²) in [7, 11) is 0. The van der Waals surface area contributed by atoms with Gasteiger partial charge in [0.25, 0.3) is 0 Å². The number of pyridine rings is 1. The van der Waals surface area contributed by atoms with Crippen LogP contribution in [0.4, 0.5) is 5.82 Å². The smallest absolute Gasteiger partial charge is 0.358 e. The first-order chi connectivity index (χ1) is 6.18. The number of H-pyrrole nitrogens is 2. The molecule has 0 radical (unpaired) electrons. The van der Waals surface area contributed by atoms with Gasteiger partial charge >= 0.3 is 11.5 Å². The fourth-order valence-corrected chi connectivity index (χ4v) is 1.08. The van der Waals surface area contributed by atoms with Crippen LogP contribution in [0.15, 0.2) is 17.1 Å². The molecular formula is C6H4N4O3. The minimum Gasteiger partial charge on any atom is -0.358 e. The summed E-state index contributed by atoms with van der Waals surface area (Å²) in [6, 6.07) is 1.49. The Morgan fingerprint density at radius 3 is 2.92 bits per heavy atom. The van der Waals surface area contributed by atoms with Crippen molar-refractivity contribution in [1.29, 1.82) is 0 Å². The Kier molecular flexibility index (Phi) is 1.38.